The number of hydrogen-bond donors (Lipinski definition) is 2. The second kappa shape index (κ2) is 9.09. The smallest absolute Gasteiger partial charge is 0.361 e. The standard InChI is InChI=1S/C24H20F3N5O3/c1-13-4-5-18(10-20(13)30-23(34)21-6-15(3)35-31-21)29-22(33)16-7-17(24(25,26)27)9-19(8-16)32-12-28-11-14(32)2/h4-12H,1-3H3,(H,29,33)(H,30,34). The first-order valence-corrected chi connectivity index (χ1v) is 10.4. The van der Waals surface area contributed by atoms with Crippen LogP contribution in [0.2, 0.25) is 0 Å². The van der Waals surface area contributed by atoms with Gasteiger partial charge < -0.3 is 19.7 Å². The predicted octanol–water partition coefficient (Wildman–Crippen LogP) is 5.31. The number of nitrogens with zero attached hydrogens (tertiary/aromatic N) is 3. The van der Waals surface area contributed by atoms with Gasteiger partial charge in [0, 0.05) is 40.6 Å². The molecular weight excluding hydrogens is 463 g/mol. The second-order valence-electron chi connectivity index (χ2n) is 7.93. The molecule has 35 heavy (non-hydrogen) atoms. The molecule has 0 saturated carbocycles. The van der Waals surface area contributed by atoms with Gasteiger partial charge in [0.2, 0.25) is 0 Å². The molecular formula is C24H20F3N5O3. The number of halogens is 3. The molecule has 0 spiro atoms. The van der Waals surface area contributed by atoms with Gasteiger partial charge in [0.05, 0.1) is 11.9 Å². The van der Waals surface area contributed by atoms with Gasteiger partial charge in [-0.25, -0.2) is 4.98 Å². The number of anilines is 2. The fourth-order valence-corrected chi connectivity index (χ4v) is 3.37. The maximum absolute atomic E-state index is 13.5. The Morgan fingerprint density at radius 3 is 2.37 bits per heavy atom. The van der Waals surface area contributed by atoms with E-state index in [0.29, 0.717) is 22.7 Å². The number of hydrogen-bond acceptors (Lipinski definition) is 5. The normalized spacial score (nSPS) is 11.4. The molecule has 2 aromatic carbocycles. The Kier molecular flexibility index (Phi) is 6.16. The molecule has 0 aliphatic heterocycles. The molecule has 8 nitrogen and oxygen atoms in total. The predicted molar refractivity (Wildman–Crippen MR) is 122 cm³/mol. The summed E-state index contributed by atoms with van der Waals surface area (Å²) in [4.78, 5) is 29.3. The minimum atomic E-state index is -4.65. The van der Waals surface area contributed by atoms with E-state index >= 15 is 0 Å². The van der Waals surface area contributed by atoms with Crippen molar-refractivity contribution >= 4 is 23.2 Å². The number of aryl methyl sites for hydroxylation is 3. The first-order valence-electron chi connectivity index (χ1n) is 10.4. The molecule has 4 aromatic rings. The van der Waals surface area contributed by atoms with Crippen LogP contribution in [0.3, 0.4) is 0 Å². The lowest BCUT2D eigenvalue weighted by Gasteiger charge is -2.14. The van der Waals surface area contributed by atoms with E-state index < -0.39 is 23.6 Å². The highest BCUT2D eigenvalue weighted by Gasteiger charge is 2.32. The molecule has 11 heteroatoms. The van der Waals surface area contributed by atoms with Crippen LogP contribution >= 0.6 is 0 Å². The monoisotopic (exact) mass is 483 g/mol. The third-order valence-electron chi connectivity index (χ3n) is 5.21. The largest absolute Gasteiger partial charge is 0.416 e. The molecule has 0 saturated heterocycles. The van der Waals surface area contributed by atoms with Crippen LogP contribution in [0, 0.1) is 20.8 Å². The lowest BCUT2D eigenvalue weighted by Crippen LogP contribution is -2.16. The zero-order valence-electron chi connectivity index (χ0n) is 18.9. The Balaban J connectivity index is 1.61. The minimum absolute atomic E-state index is 0.0858. The fraction of sp³-hybridized carbons (Fsp3) is 0.167. The summed E-state index contributed by atoms with van der Waals surface area (Å²) < 4.78 is 47.0. The number of benzene rings is 2. The number of rotatable bonds is 5. The fourth-order valence-electron chi connectivity index (χ4n) is 3.37. The van der Waals surface area contributed by atoms with Crippen LogP contribution in [-0.2, 0) is 6.18 Å². The Labute approximate surface area is 197 Å². The number of imidazole rings is 1. The number of alkyl halides is 3. The summed E-state index contributed by atoms with van der Waals surface area (Å²) in [6.07, 6.45) is -1.78. The molecule has 0 aliphatic carbocycles. The summed E-state index contributed by atoms with van der Waals surface area (Å²) in [5.74, 6) is -0.783. The van der Waals surface area contributed by atoms with Crippen LogP contribution in [0.25, 0.3) is 5.69 Å². The number of carbonyl (C=O) groups is 2. The van der Waals surface area contributed by atoms with E-state index in [4.69, 9.17) is 4.52 Å². The number of aromatic nitrogens is 3. The van der Waals surface area contributed by atoms with E-state index in [1.807, 2.05) is 0 Å². The molecule has 4 rings (SSSR count). The van der Waals surface area contributed by atoms with Gasteiger partial charge in [-0.2, -0.15) is 13.2 Å². The summed E-state index contributed by atoms with van der Waals surface area (Å²) in [5, 5.41) is 8.94. The minimum Gasteiger partial charge on any atom is -0.361 e. The molecule has 0 unspecified atom stereocenters. The molecule has 0 atom stereocenters. The molecule has 0 radical (unpaired) electrons. The Morgan fingerprint density at radius 1 is 0.971 bits per heavy atom. The Morgan fingerprint density at radius 2 is 1.74 bits per heavy atom. The van der Waals surface area contributed by atoms with E-state index in [1.54, 1.807) is 32.9 Å². The summed E-state index contributed by atoms with van der Waals surface area (Å²) in [5.41, 5.74) is 1.07. The molecule has 180 valence electrons. The van der Waals surface area contributed by atoms with Crippen molar-refractivity contribution in [2.24, 2.45) is 0 Å². The maximum Gasteiger partial charge on any atom is 0.416 e. The number of carbonyl (C=O) groups excluding carboxylic acids is 2. The third-order valence-corrected chi connectivity index (χ3v) is 5.21. The lowest BCUT2D eigenvalue weighted by molar-refractivity contribution is -0.137. The van der Waals surface area contributed by atoms with Crippen molar-refractivity contribution in [2.75, 3.05) is 10.6 Å². The quantitative estimate of drug-likeness (QED) is 0.401. The van der Waals surface area contributed by atoms with Crippen LogP contribution in [-0.4, -0.2) is 26.5 Å². The maximum atomic E-state index is 13.5. The van der Waals surface area contributed by atoms with Gasteiger partial charge in [-0.3, -0.25) is 9.59 Å². The Bertz CT molecular complexity index is 1420. The van der Waals surface area contributed by atoms with Crippen molar-refractivity contribution in [3.05, 3.63) is 88.8 Å². The van der Waals surface area contributed by atoms with Gasteiger partial charge >= 0.3 is 6.18 Å². The van der Waals surface area contributed by atoms with Gasteiger partial charge in [0.15, 0.2) is 5.69 Å². The number of nitrogens with one attached hydrogen (secondary N) is 2. The van der Waals surface area contributed by atoms with E-state index in [0.717, 1.165) is 12.1 Å². The van der Waals surface area contributed by atoms with Gasteiger partial charge in [-0.15, -0.1) is 0 Å². The van der Waals surface area contributed by atoms with Crippen molar-refractivity contribution in [1.82, 2.24) is 14.7 Å². The van der Waals surface area contributed by atoms with Crippen LogP contribution < -0.4 is 10.6 Å². The highest BCUT2D eigenvalue weighted by Crippen LogP contribution is 2.32. The van der Waals surface area contributed by atoms with Crippen LogP contribution in [0.1, 0.15) is 43.4 Å². The lowest BCUT2D eigenvalue weighted by atomic mass is 10.1. The van der Waals surface area contributed by atoms with E-state index in [1.165, 1.54) is 35.3 Å². The molecule has 0 aliphatic rings. The summed E-state index contributed by atoms with van der Waals surface area (Å²) >= 11 is 0. The number of amides is 2. The molecule has 2 N–H and O–H groups in total. The van der Waals surface area contributed by atoms with Crippen LogP contribution in [0.5, 0.6) is 0 Å². The van der Waals surface area contributed by atoms with Crippen molar-refractivity contribution < 1.29 is 27.3 Å². The van der Waals surface area contributed by atoms with Crippen LogP contribution in [0.15, 0.2) is 59.5 Å². The Hall–Kier alpha value is -4.41. The van der Waals surface area contributed by atoms with E-state index in [2.05, 4.69) is 20.8 Å². The molecule has 0 bridgehead atoms. The molecule has 2 heterocycles. The zero-order valence-corrected chi connectivity index (χ0v) is 18.9. The molecule has 2 aromatic heterocycles. The average Bonchev–Trinajstić information content (AvgIpc) is 3.43. The first kappa shape index (κ1) is 23.7. The second-order valence-corrected chi connectivity index (χ2v) is 7.93. The van der Waals surface area contributed by atoms with Gasteiger partial charge in [0.1, 0.15) is 5.76 Å². The highest BCUT2D eigenvalue weighted by atomic mass is 19.4. The first-order chi connectivity index (χ1) is 16.5. The van der Waals surface area contributed by atoms with Crippen molar-refractivity contribution in [3.8, 4) is 5.69 Å². The average molecular weight is 483 g/mol. The van der Waals surface area contributed by atoms with Gasteiger partial charge in [0.25, 0.3) is 11.8 Å². The van der Waals surface area contributed by atoms with Crippen LogP contribution in [0.4, 0.5) is 24.5 Å². The van der Waals surface area contributed by atoms with Gasteiger partial charge in [-0.05, 0) is 56.7 Å². The van der Waals surface area contributed by atoms with Gasteiger partial charge in [-0.1, -0.05) is 11.2 Å². The van der Waals surface area contributed by atoms with E-state index in [-0.39, 0.29) is 22.6 Å². The molecule has 0 fully saturated rings. The SMILES string of the molecule is Cc1cc(C(=O)Nc2cc(NC(=O)c3cc(-n4cncc4C)cc(C(F)(F)F)c3)ccc2C)no1. The topological polar surface area (TPSA) is 102 Å². The zero-order chi connectivity index (χ0) is 25.3. The summed E-state index contributed by atoms with van der Waals surface area (Å²) in [6, 6.07) is 9.31. The summed E-state index contributed by atoms with van der Waals surface area (Å²) in [7, 11) is 0. The van der Waals surface area contributed by atoms with E-state index in [9.17, 15) is 22.8 Å². The van der Waals surface area contributed by atoms with Crippen molar-refractivity contribution in [3.63, 3.8) is 0 Å². The third kappa shape index (κ3) is 5.24. The van der Waals surface area contributed by atoms with Crippen molar-refractivity contribution in [1.29, 1.82) is 0 Å². The summed E-state index contributed by atoms with van der Waals surface area (Å²) in [6.45, 7) is 5.09. The molecule has 2 amide bonds. The highest BCUT2D eigenvalue weighted by molar-refractivity contribution is 6.06. The van der Waals surface area contributed by atoms with Crippen molar-refractivity contribution in [2.45, 2.75) is 26.9 Å².